The summed E-state index contributed by atoms with van der Waals surface area (Å²) < 4.78 is 60.4. The first-order chi connectivity index (χ1) is 22.0. The lowest BCUT2D eigenvalue weighted by molar-refractivity contribution is -0.134. The smallest absolute Gasteiger partial charge is 0.239 e. The van der Waals surface area contributed by atoms with Crippen molar-refractivity contribution >= 4 is 33.8 Å². The van der Waals surface area contributed by atoms with Gasteiger partial charge in [-0.1, -0.05) is 13.8 Å². The zero-order valence-electron chi connectivity index (χ0n) is 25.9. The van der Waals surface area contributed by atoms with Crippen LogP contribution in [0.25, 0.3) is 33.5 Å². The molecule has 2 aliphatic heterocycles. The van der Waals surface area contributed by atoms with Crippen molar-refractivity contribution in [3.8, 4) is 11.5 Å². The monoisotopic (exact) mass is 641 g/mol. The van der Waals surface area contributed by atoms with Crippen LogP contribution >= 0.6 is 0 Å². The lowest BCUT2D eigenvalue weighted by Crippen LogP contribution is -2.47. The number of hydrogen-bond acceptors (Lipinski definition) is 5. The van der Waals surface area contributed by atoms with Gasteiger partial charge in [0.25, 0.3) is 0 Å². The third-order valence-corrected chi connectivity index (χ3v) is 9.44. The molecule has 2 amide bonds. The first-order valence-electron chi connectivity index (χ1n) is 15.8. The molecule has 2 aromatic carbocycles. The van der Waals surface area contributed by atoms with Crippen molar-refractivity contribution < 1.29 is 27.2 Å². The second-order valence-electron chi connectivity index (χ2n) is 12.5. The van der Waals surface area contributed by atoms with Gasteiger partial charge in [0, 0.05) is 42.4 Å². The molecule has 0 spiro atoms. The number of aromatic nitrogens is 3. The molecule has 0 bridgehead atoms. The Balaban J connectivity index is 1.48. The maximum atomic E-state index is 14.8. The summed E-state index contributed by atoms with van der Waals surface area (Å²) in [6, 6.07) is 5.84. The third kappa shape index (κ3) is 5.86. The minimum atomic E-state index is -1.24. The lowest BCUT2D eigenvalue weighted by Gasteiger charge is -2.28. The summed E-state index contributed by atoms with van der Waals surface area (Å²) in [6.45, 7) is 3.56. The predicted molar refractivity (Wildman–Crippen MR) is 167 cm³/mol. The second kappa shape index (κ2) is 12.7. The van der Waals surface area contributed by atoms with Gasteiger partial charge in [-0.3, -0.25) is 9.59 Å². The summed E-state index contributed by atoms with van der Waals surface area (Å²) in [7, 11) is 0. The number of alkyl halides is 2. The fourth-order valence-corrected chi connectivity index (χ4v) is 6.96. The fraction of sp³-hybridized carbons (Fsp3) is 0.485. The van der Waals surface area contributed by atoms with E-state index in [9.17, 15) is 27.2 Å². The molecule has 0 radical (unpaired) electrons. The van der Waals surface area contributed by atoms with Gasteiger partial charge in [-0.25, -0.2) is 22.5 Å². The molecule has 4 heterocycles. The molecular formula is C33H39F4N7O2. The molecule has 2 fully saturated rings. The van der Waals surface area contributed by atoms with Gasteiger partial charge in [-0.05, 0) is 55.2 Å². The van der Waals surface area contributed by atoms with Gasteiger partial charge < -0.3 is 30.8 Å². The van der Waals surface area contributed by atoms with Crippen LogP contribution in [-0.4, -0.2) is 85.7 Å². The van der Waals surface area contributed by atoms with Crippen LogP contribution in [0.2, 0.25) is 0 Å². The summed E-state index contributed by atoms with van der Waals surface area (Å²) in [5.41, 5.74) is 14.6. The van der Waals surface area contributed by atoms with E-state index in [4.69, 9.17) is 16.5 Å². The zero-order valence-corrected chi connectivity index (χ0v) is 25.9. The van der Waals surface area contributed by atoms with E-state index in [1.807, 2.05) is 4.57 Å². The van der Waals surface area contributed by atoms with Crippen LogP contribution in [0.1, 0.15) is 45.1 Å². The van der Waals surface area contributed by atoms with Crippen molar-refractivity contribution in [2.45, 2.75) is 89.0 Å². The van der Waals surface area contributed by atoms with Gasteiger partial charge in [0.2, 0.25) is 11.8 Å². The van der Waals surface area contributed by atoms with Crippen molar-refractivity contribution in [1.82, 2.24) is 24.3 Å². The zero-order chi connectivity index (χ0) is 32.9. The molecule has 2 saturated heterocycles. The summed E-state index contributed by atoms with van der Waals surface area (Å²) in [5.74, 6) is -1.29. The quantitative estimate of drug-likeness (QED) is 0.234. The molecule has 6 rings (SSSR count). The number of amides is 2. The highest BCUT2D eigenvalue weighted by Crippen LogP contribution is 2.37. The van der Waals surface area contributed by atoms with Crippen LogP contribution in [0.3, 0.4) is 0 Å². The highest BCUT2D eigenvalue weighted by atomic mass is 19.1. The number of nitrogens with one attached hydrogen (secondary N) is 1. The van der Waals surface area contributed by atoms with Crippen molar-refractivity contribution in [3.63, 3.8) is 0 Å². The van der Waals surface area contributed by atoms with E-state index in [2.05, 4.69) is 4.98 Å². The van der Waals surface area contributed by atoms with Crippen LogP contribution in [-0.2, 0) is 22.6 Å². The average Bonchev–Trinajstić information content (AvgIpc) is 3.78. The Labute approximate surface area is 263 Å². The van der Waals surface area contributed by atoms with Gasteiger partial charge in [0.15, 0.2) is 5.82 Å². The van der Waals surface area contributed by atoms with Gasteiger partial charge >= 0.3 is 0 Å². The highest BCUT2D eigenvalue weighted by molar-refractivity contribution is 5.92. The van der Waals surface area contributed by atoms with Gasteiger partial charge in [-0.15, -0.1) is 0 Å². The Hall–Kier alpha value is -3.97. The van der Waals surface area contributed by atoms with Gasteiger partial charge in [0.1, 0.15) is 24.0 Å². The van der Waals surface area contributed by atoms with Crippen LogP contribution in [0.4, 0.5) is 17.6 Å². The fourth-order valence-electron chi connectivity index (χ4n) is 6.96. The van der Waals surface area contributed by atoms with Crippen molar-refractivity contribution in [2.75, 3.05) is 13.1 Å². The van der Waals surface area contributed by atoms with Crippen LogP contribution in [0.15, 0.2) is 36.4 Å². The number of fused-ring (bicyclic) bond motifs is 2. The van der Waals surface area contributed by atoms with E-state index < -0.39 is 48.1 Å². The molecule has 13 heteroatoms. The summed E-state index contributed by atoms with van der Waals surface area (Å²) in [4.78, 5) is 37.3. The molecule has 4 aromatic rings. The molecule has 2 aromatic heterocycles. The average molecular weight is 642 g/mol. The van der Waals surface area contributed by atoms with E-state index in [0.29, 0.717) is 51.9 Å². The summed E-state index contributed by atoms with van der Waals surface area (Å²) >= 11 is 0. The minimum absolute atomic E-state index is 0.0723. The highest BCUT2D eigenvalue weighted by Gasteiger charge is 2.40. The molecule has 246 valence electrons. The van der Waals surface area contributed by atoms with E-state index in [1.54, 1.807) is 26.0 Å². The number of H-pyrrole nitrogens is 1. The minimum Gasteiger partial charge on any atom is -0.352 e. The maximum Gasteiger partial charge on any atom is 0.239 e. The summed E-state index contributed by atoms with van der Waals surface area (Å²) in [5, 5.41) is 0.658. The van der Waals surface area contributed by atoms with Gasteiger partial charge in [0.05, 0.1) is 47.9 Å². The normalized spacial score (nSPS) is 23.1. The number of imidazole rings is 1. The molecule has 0 aliphatic carbocycles. The topological polar surface area (TPSA) is 126 Å². The van der Waals surface area contributed by atoms with Crippen LogP contribution in [0, 0.1) is 11.6 Å². The Morgan fingerprint density at radius 3 is 2.15 bits per heavy atom. The van der Waals surface area contributed by atoms with Crippen LogP contribution < -0.4 is 11.5 Å². The Morgan fingerprint density at radius 2 is 1.50 bits per heavy atom. The number of rotatable bonds is 9. The Kier molecular flexibility index (Phi) is 8.81. The Bertz CT molecular complexity index is 1650. The number of aromatic amines is 1. The van der Waals surface area contributed by atoms with E-state index in [0.717, 1.165) is 0 Å². The number of carbonyl (C=O) groups is 2. The number of benzene rings is 2. The molecule has 0 unspecified atom stereocenters. The molecule has 0 saturated carbocycles. The van der Waals surface area contributed by atoms with Crippen molar-refractivity contribution in [3.05, 3.63) is 53.6 Å². The number of nitrogens with zero attached hydrogens (tertiary/aromatic N) is 4. The molecule has 9 nitrogen and oxygen atoms in total. The predicted octanol–water partition coefficient (Wildman–Crippen LogP) is 4.36. The largest absolute Gasteiger partial charge is 0.352 e. The standard InChI is InChI=1S/C33H39F4N7O2/c1-3-25(38)32(45)42-14-19(36)9-21(42)13-24-23-7-5-17(34)11-27(23)40-30(24)31-41-28-12-18(35)6-8-29(28)44(31)16-22-10-20(37)15-43(22)33(46)26(39)4-2/h5-8,11-12,19-22,25-26,40H,3-4,9-10,13-16,38-39H2,1-2H3/t19-,20-,21-,22-,25-,26-/m0/s1. The first kappa shape index (κ1) is 32.0. The third-order valence-electron chi connectivity index (χ3n) is 9.44. The van der Waals surface area contributed by atoms with E-state index in [-0.39, 0.29) is 50.7 Å². The maximum absolute atomic E-state index is 14.8. The number of halogens is 4. The number of hydrogen-bond donors (Lipinski definition) is 3. The summed E-state index contributed by atoms with van der Waals surface area (Å²) in [6.07, 6.45) is -1.27. The molecule has 6 atom stereocenters. The number of likely N-dealkylation sites (tertiary alicyclic amines) is 2. The molecule has 5 N–H and O–H groups in total. The van der Waals surface area contributed by atoms with E-state index in [1.165, 1.54) is 34.1 Å². The molecule has 2 aliphatic rings. The second-order valence-corrected chi connectivity index (χ2v) is 12.5. The molecule has 46 heavy (non-hydrogen) atoms. The Morgan fingerprint density at radius 1 is 0.913 bits per heavy atom. The van der Waals surface area contributed by atoms with Crippen LogP contribution in [0.5, 0.6) is 0 Å². The number of carbonyl (C=O) groups excluding carboxylic acids is 2. The van der Waals surface area contributed by atoms with Gasteiger partial charge in [-0.2, -0.15) is 0 Å². The van der Waals surface area contributed by atoms with Crippen molar-refractivity contribution in [2.24, 2.45) is 11.5 Å². The SMILES string of the molecule is CC[C@H](N)C(=O)N1C[C@@H](F)C[C@H]1Cc1c(-c2nc3cc(F)ccc3n2C[C@@H]2C[C@H](F)CN2C(=O)[C@@H](N)CC)[nH]c2cc(F)ccc12. The number of nitrogens with two attached hydrogens (primary N) is 2. The first-order valence-corrected chi connectivity index (χ1v) is 15.8. The van der Waals surface area contributed by atoms with Crippen molar-refractivity contribution in [1.29, 1.82) is 0 Å². The lowest BCUT2D eigenvalue weighted by atomic mass is 9.99. The molecular weight excluding hydrogens is 602 g/mol. The van der Waals surface area contributed by atoms with E-state index >= 15 is 0 Å².